The average Bonchev–Trinajstić information content (AvgIpc) is 1.63. The number of rotatable bonds is 20. The van der Waals surface area contributed by atoms with Crippen molar-refractivity contribution in [1.29, 1.82) is 0 Å². The lowest BCUT2D eigenvalue weighted by molar-refractivity contribution is -0.164. The Hall–Kier alpha value is 0.0200. The second kappa shape index (κ2) is 52.5. The van der Waals surface area contributed by atoms with Crippen molar-refractivity contribution < 1.29 is 22.6 Å². The summed E-state index contributed by atoms with van der Waals surface area (Å²) < 4.78 is 38.9. The molecule has 9 nitrogen and oxygen atoms in total. The van der Waals surface area contributed by atoms with Crippen molar-refractivity contribution >= 4 is 21.6 Å². The molecule has 0 aromatic rings. The number of sulfone groups is 1. The van der Waals surface area contributed by atoms with E-state index in [2.05, 4.69) is 337 Å². The van der Waals surface area contributed by atoms with Gasteiger partial charge in [-0.25, -0.2) is 8.42 Å². The normalized spacial score (nSPS) is 23.9. The van der Waals surface area contributed by atoms with Crippen LogP contribution in [0.3, 0.4) is 0 Å². The third kappa shape index (κ3) is 31.7. The van der Waals surface area contributed by atoms with Crippen molar-refractivity contribution in [3.05, 3.63) is 0 Å². The summed E-state index contributed by atoms with van der Waals surface area (Å²) >= 11 is 2.13. The third-order valence-electron chi connectivity index (χ3n) is 35.3. The van der Waals surface area contributed by atoms with Gasteiger partial charge in [0.2, 0.25) is 0 Å². The van der Waals surface area contributed by atoms with E-state index in [0.717, 1.165) is 141 Å². The van der Waals surface area contributed by atoms with Gasteiger partial charge in [0.25, 0.3) is 0 Å². The van der Waals surface area contributed by atoms with Crippen molar-refractivity contribution in [3.8, 4) is 0 Å². The standard InChI is InChI=1S/C12H25N.C12H24.C11H23N.C11H22O2S.C11H22S.C10H21N.C10H20O.C9H19N.C9H18O.C8H16O.3CH4/c1-10(2)12(11(3)4)6-8-13(5)9-7-12;1-10(2)12(11(3)4)8-6-5-7-9-12;1-9(2)11(10(3)4)6-7-12(5)8-11;1-9(2)11(10(3)4)5-7-14(12,13)8-6-11;1-9(2)11(10(3)4)5-7-12-8-6-11;1-8(2)10(9(3)4)6-11(5)7-10;1-8(2)10(9(3)4)5-6-11-7-10;1-7(2)9(8(3)4)6-10(9)5;1-7(2)9(8(3)4)5-10-6-9;1-6(2)8(5-9-8)7(3)4;;;/h10-11H,6-9H2,1-5H3;10-11H,5-9H2,1-4H3;9-10H,6-8H2,1-5H3;9-10H,5-8H2,1-4H3;9-10H,5-8H2,1-4H3;8-9H,6-7H2,1-5H3;8-9H,5-7H2,1-4H3;7-8H,6H2,1-5H3;7-8H,5-6H2,1-4H3;6-7H,5H2,1-4H3;3*1H4. The summed E-state index contributed by atoms with van der Waals surface area (Å²) in [5.41, 5.74) is 5.19. The molecule has 9 saturated heterocycles. The second-order valence-corrected chi connectivity index (χ2v) is 49.7. The summed E-state index contributed by atoms with van der Waals surface area (Å²) in [5, 5.41) is 0. The van der Waals surface area contributed by atoms with Crippen LogP contribution < -0.4 is 0 Å². The van der Waals surface area contributed by atoms with Crippen LogP contribution in [-0.2, 0) is 24.0 Å². The first kappa shape index (κ1) is 121. The van der Waals surface area contributed by atoms with Gasteiger partial charge in [-0.05, 0) is 269 Å². The molecule has 117 heavy (non-hydrogen) atoms. The molecule has 1 aliphatic carbocycles. The molecule has 10 aliphatic rings. The number of hydrogen-bond donors (Lipinski definition) is 0. The maximum Gasteiger partial charge on any atom is 0.150 e. The number of nitrogens with zero attached hydrogens (tertiary/aromatic N) is 4. The first-order valence-electron chi connectivity index (χ1n) is 48.6. The number of ether oxygens (including phenoxy) is 3. The lowest BCUT2D eigenvalue weighted by atomic mass is 9.61. The summed E-state index contributed by atoms with van der Waals surface area (Å²) in [6.45, 7) is 107. The molecular weight excluding hydrogens is 1470 g/mol. The number of likely N-dealkylation sites (N-methyl/N-ethyl adjacent to an activating group) is 1. The minimum atomic E-state index is -2.72. The molecule has 0 bridgehead atoms. The molecular formula is C106H222N4O5S2. The molecule has 9 aliphatic heterocycles. The van der Waals surface area contributed by atoms with Gasteiger partial charge in [-0.2, -0.15) is 11.8 Å². The largest absolute Gasteiger partial charge is 0.381 e. The maximum absolute atomic E-state index is 11.4. The van der Waals surface area contributed by atoms with E-state index in [0.29, 0.717) is 78.6 Å². The smallest absolute Gasteiger partial charge is 0.150 e. The minimum Gasteiger partial charge on any atom is -0.381 e. The molecule has 0 aromatic heterocycles. The zero-order valence-electron chi connectivity index (χ0n) is 85.7. The first-order chi connectivity index (χ1) is 52.2. The van der Waals surface area contributed by atoms with Gasteiger partial charge < -0.3 is 28.9 Å². The Labute approximate surface area is 744 Å². The first-order valence-corrected chi connectivity index (χ1v) is 51.6. The molecule has 10 fully saturated rings. The van der Waals surface area contributed by atoms with Gasteiger partial charge >= 0.3 is 0 Å². The molecule has 0 aromatic carbocycles. The minimum absolute atomic E-state index is 0. The second-order valence-electron chi connectivity index (χ2n) is 46.1. The van der Waals surface area contributed by atoms with Crippen LogP contribution in [0.5, 0.6) is 0 Å². The summed E-state index contributed by atoms with van der Waals surface area (Å²) in [6.07, 6.45) is 17.4. The molecule has 0 radical (unpaired) electrons. The Kier molecular flexibility index (Phi) is 54.3. The summed E-state index contributed by atoms with van der Waals surface area (Å²) in [7, 11) is 6.20. The van der Waals surface area contributed by atoms with Crippen molar-refractivity contribution in [2.45, 2.75) is 394 Å². The molecule has 1 atom stereocenters. The SMILES string of the molecule is C.C.C.CC(C)C1(C(C)C)CCCCC1.CC(C)C1(C(C)C)CCN(C)C1.CC(C)C1(C(C)C)CCN(C)CC1.CC(C)C1(C(C)C)CCOC1.CC(C)C1(C(C)C)CCS(=O)(=O)CC1.CC(C)C1(C(C)C)CCSCC1.CC(C)C1(C(C)C)CN(C)C1.CC(C)C1(C(C)C)CN1C.CC(C)C1(C(C)C)CO1.CC(C)C1(C(C)C)COC1. The quantitative estimate of drug-likeness (QED) is 0.110. The van der Waals surface area contributed by atoms with Crippen LogP contribution in [0.4, 0.5) is 0 Å². The van der Waals surface area contributed by atoms with E-state index < -0.39 is 9.84 Å². The highest BCUT2D eigenvalue weighted by Gasteiger charge is 2.54. The van der Waals surface area contributed by atoms with Crippen LogP contribution in [0.1, 0.15) is 383 Å². The van der Waals surface area contributed by atoms with Gasteiger partial charge in [0.1, 0.15) is 9.84 Å². The highest BCUT2D eigenvalue weighted by Crippen LogP contribution is 2.53. The van der Waals surface area contributed by atoms with E-state index in [1.165, 1.54) is 128 Å². The predicted molar refractivity (Wildman–Crippen MR) is 531 cm³/mol. The van der Waals surface area contributed by atoms with E-state index in [1.807, 2.05) is 0 Å². The van der Waals surface area contributed by atoms with E-state index in [4.69, 9.17) is 14.2 Å². The monoisotopic (exact) mass is 1700 g/mol. The van der Waals surface area contributed by atoms with Gasteiger partial charge in [-0.3, -0.25) is 4.90 Å². The molecule has 10 rings (SSSR count). The summed E-state index contributed by atoms with van der Waals surface area (Å²) in [6, 6.07) is 0. The topological polar surface area (TPSA) is 77.9 Å². The van der Waals surface area contributed by atoms with Gasteiger partial charge in [-0.1, -0.05) is 318 Å². The summed E-state index contributed by atoms with van der Waals surface area (Å²) in [5.74, 6) is 19.2. The number of piperidine rings is 1. The molecule has 0 spiro atoms. The average molecular weight is 1700 g/mol. The van der Waals surface area contributed by atoms with Crippen LogP contribution in [0.2, 0.25) is 0 Å². The zero-order valence-corrected chi connectivity index (χ0v) is 87.3. The van der Waals surface area contributed by atoms with Crippen LogP contribution in [0.25, 0.3) is 0 Å². The van der Waals surface area contributed by atoms with Crippen LogP contribution in [0, 0.1) is 162 Å². The van der Waals surface area contributed by atoms with E-state index in [9.17, 15) is 8.42 Å². The molecule has 11 heteroatoms. The number of hydrogen-bond acceptors (Lipinski definition) is 10. The van der Waals surface area contributed by atoms with Crippen LogP contribution in [0.15, 0.2) is 0 Å². The Morgan fingerprint density at radius 2 is 0.538 bits per heavy atom. The van der Waals surface area contributed by atoms with Crippen LogP contribution >= 0.6 is 11.8 Å². The van der Waals surface area contributed by atoms with Crippen LogP contribution in [-0.4, -0.2) is 169 Å². The molecule has 1 saturated carbocycles. The highest BCUT2D eigenvalue weighted by atomic mass is 32.2. The molecule has 0 N–H and O–H groups in total. The maximum atomic E-state index is 11.4. The van der Waals surface area contributed by atoms with E-state index >= 15 is 0 Å². The lowest BCUT2D eigenvalue weighted by Crippen LogP contribution is -2.59. The Morgan fingerprint density at radius 1 is 0.265 bits per heavy atom. The van der Waals surface area contributed by atoms with Crippen molar-refractivity contribution in [1.82, 2.24) is 19.6 Å². The fraction of sp³-hybridized carbons (Fsp3) is 1.00. The van der Waals surface area contributed by atoms with E-state index in [-0.39, 0.29) is 33.3 Å². The van der Waals surface area contributed by atoms with Gasteiger partial charge in [0.05, 0.1) is 43.5 Å². The van der Waals surface area contributed by atoms with Gasteiger partial charge in [0, 0.05) is 54.6 Å². The molecule has 9 heterocycles. The lowest BCUT2D eigenvalue weighted by Gasteiger charge is -2.54. The molecule has 0 amide bonds. The van der Waals surface area contributed by atoms with E-state index in [1.54, 1.807) is 0 Å². The van der Waals surface area contributed by atoms with Crippen molar-refractivity contribution in [3.63, 3.8) is 0 Å². The number of likely N-dealkylation sites (tertiary alicyclic amines) is 3. The third-order valence-corrected chi connectivity index (χ3v) is 37.9. The molecule has 708 valence electrons. The molecule has 1 unspecified atom stereocenters. The fourth-order valence-electron chi connectivity index (χ4n) is 23.7. The Bertz CT molecular complexity index is 2450. The van der Waals surface area contributed by atoms with Crippen molar-refractivity contribution in [2.24, 2.45) is 162 Å². The summed E-state index contributed by atoms with van der Waals surface area (Å²) in [4.78, 5) is 9.81. The number of epoxide rings is 1. The van der Waals surface area contributed by atoms with Gasteiger partial charge in [-0.15, -0.1) is 0 Å². The number of thioether (sulfide) groups is 1. The fourth-order valence-corrected chi connectivity index (χ4v) is 26.6. The Balaban J connectivity index is -0.00000123. The van der Waals surface area contributed by atoms with Crippen molar-refractivity contribution in [2.75, 3.05) is 130 Å². The predicted octanol–water partition coefficient (Wildman–Crippen LogP) is 29.4. The highest BCUT2D eigenvalue weighted by molar-refractivity contribution is 7.99. The zero-order chi connectivity index (χ0) is 88.7. The Morgan fingerprint density at radius 3 is 0.701 bits per heavy atom. The van der Waals surface area contributed by atoms with Gasteiger partial charge in [0.15, 0.2) is 0 Å².